The van der Waals surface area contributed by atoms with Crippen LogP contribution in [0.3, 0.4) is 0 Å². The van der Waals surface area contributed by atoms with Crippen molar-refractivity contribution in [1.82, 2.24) is 0 Å². The maximum absolute atomic E-state index is 11.2. The topological polar surface area (TPSA) is 64.7 Å². The average Bonchev–Trinajstić information content (AvgIpc) is 2.53. The molecule has 0 radical (unpaired) electrons. The molecule has 2 N–H and O–H groups in total. The number of pyridine rings is 1. The first-order chi connectivity index (χ1) is 10.4. The van der Waals surface area contributed by atoms with Gasteiger partial charge in [-0.25, -0.2) is 0 Å². The third-order valence-corrected chi connectivity index (χ3v) is 3.39. The van der Waals surface area contributed by atoms with Gasteiger partial charge in [0, 0.05) is 31.9 Å². The van der Waals surface area contributed by atoms with Crippen LogP contribution in [0.2, 0.25) is 0 Å². The summed E-state index contributed by atoms with van der Waals surface area (Å²) < 4.78 is 1.17. The predicted octanol–water partition coefficient (Wildman–Crippen LogP) is 0.877. The van der Waals surface area contributed by atoms with E-state index in [1.807, 2.05) is 49.3 Å². The van der Waals surface area contributed by atoms with Gasteiger partial charge in [-0.3, -0.25) is 4.79 Å². The Morgan fingerprint density at radius 1 is 1.14 bits per heavy atom. The number of rotatable bonds is 5. The fraction of sp³-hybridized carbons (Fsp3) is 0.125. The summed E-state index contributed by atoms with van der Waals surface area (Å²) in [6, 6.07) is 12.6. The van der Waals surface area contributed by atoms with E-state index in [9.17, 15) is 14.8 Å². The number of aldehydes is 1. The molecule has 0 aliphatic heterocycles. The number of hydrogen-bond acceptors (Lipinski definition) is 4. The summed E-state index contributed by atoms with van der Waals surface area (Å²) >= 11 is 0. The summed E-state index contributed by atoms with van der Waals surface area (Å²) in [6.45, 7) is -3.02. The van der Waals surface area contributed by atoms with Crippen LogP contribution in [-0.4, -0.2) is 37.1 Å². The molecule has 0 unspecified atom stereocenters. The monoisotopic (exact) mass is 298 g/mol. The maximum atomic E-state index is 11.2. The van der Waals surface area contributed by atoms with Gasteiger partial charge in [0.1, 0.15) is 6.20 Å². The molecule has 1 heterocycles. The van der Waals surface area contributed by atoms with Crippen molar-refractivity contribution in [3.63, 3.8) is 0 Å². The summed E-state index contributed by atoms with van der Waals surface area (Å²) in [7, 11) is 3.69. The minimum Gasteiger partial charge on any atom is -0.517 e. The molecule has 22 heavy (non-hydrogen) atoms. The van der Waals surface area contributed by atoms with E-state index in [0.717, 1.165) is 11.3 Å². The van der Waals surface area contributed by atoms with Crippen LogP contribution in [0.25, 0.3) is 6.08 Å². The van der Waals surface area contributed by atoms with E-state index in [-0.39, 0.29) is 5.69 Å². The highest BCUT2D eigenvalue weighted by Gasteiger charge is 2.32. The third-order valence-electron chi connectivity index (χ3n) is 3.39. The molecule has 0 aliphatic rings. The van der Waals surface area contributed by atoms with Gasteiger partial charge in [0.25, 0.3) is 0 Å². The highest BCUT2D eigenvalue weighted by Crippen LogP contribution is 2.11. The Labute approximate surface area is 129 Å². The molecule has 2 rings (SSSR count). The Morgan fingerprint density at radius 3 is 2.41 bits per heavy atom. The van der Waals surface area contributed by atoms with Crippen molar-refractivity contribution < 1.29 is 19.3 Å². The van der Waals surface area contributed by atoms with Crippen LogP contribution in [-0.2, 0) is 0 Å². The van der Waals surface area contributed by atoms with Crippen LogP contribution in [0.1, 0.15) is 16.1 Å². The zero-order valence-electron chi connectivity index (χ0n) is 12.6. The largest absolute Gasteiger partial charge is 0.564 e. The molecule has 0 amide bonds. The zero-order valence-corrected chi connectivity index (χ0v) is 12.6. The normalized spacial score (nSPS) is 11.6. The molecule has 1 aromatic heterocycles. The van der Waals surface area contributed by atoms with Gasteiger partial charge in [0.2, 0.25) is 6.29 Å². The Kier molecular flexibility index (Phi) is 4.75. The van der Waals surface area contributed by atoms with Crippen molar-refractivity contribution >= 4 is 24.7 Å². The summed E-state index contributed by atoms with van der Waals surface area (Å²) in [5, 5.41) is 20.6. The second kappa shape index (κ2) is 6.55. The van der Waals surface area contributed by atoms with Gasteiger partial charge in [0.05, 0.1) is 0 Å². The van der Waals surface area contributed by atoms with E-state index in [1.165, 1.54) is 16.7 Å². The van der Waals surface area contributed by atoms with Gasteiger partial charge in [-0.15, -0.1) is 5.98 Å². The standard InChI is InChI=1S/C16H19BN2O3/c1-18(2)15-9-11-19(16(12-15)13-20)17(21,22)10-8-14-6-4-3-5-7-14/h3-13,21-22H,1-2H3/b10-8+. The number of aromatic nitrogens is 1. The van der Waals surface area contributed by atoms with Crippen molar-refractivity contribution in [3.05, 3.63) is 65.9 Å². The molecule has 0 bridgehead atoms. The lowest BCUT2D eigenvalue weighted by molar-refractivity contribution is -0.573. The van der Waals surface area contributed by atoms with Crippen molar-refractivity contribution in [2.24, 2.45) is 0 Å². The highest BCUT2D eigenvalue weighted by molar-refractivity contribution is 6.62. The summed E-state index contributed by atoms with van der Waals surface area (Å²) in [5.74, 6) is 1.29. The fourth-order valence-electron chi connectivity index (χ4n) is 2.13. The van der Waals surface area contributed by atoms with Gasteiger partial charge in [-0.2, -0.15) is 0 Å². The SMILES string of the molecule is CN(C)c1cc[n+]([B-](O)(O)/C=C/c2ccccc2)c(C=O)c1. The average molecular weight is 298 g/mol. The first-order valence-electron chi connectivity index (χ1n) is 6.96. The first kappa shape index (κ1) is 15.9. The van der Waals surface area contributed by atoms with Crippen molar-refractivity contribution in [2.75, 3.05) is 19.0 Å². The van der Waals surface area contributed by atoms with Crippen LogP contribution < -0.4 is 9.38 Å². The minimum atomic E-state index is -3.02. The van der Waals surface area contributed by atoms with Crippen molar-refractivity contribution in [1.29, 1.82) is 0 Å². The molecule has 1 aromatic carbocycles. The van der Waals surface area contributed by atoms with Crippen LogP contribution >= 0.6 is 0 Å². The van der Waals surface area contributed by atoms with Gasteiger partial charge >= 0.3 is 6.69 Å². The predicted molar refractivity (Wildman–Crippen MR) is 87.4 cm³/mol. The smallest absolute Gasteiger partial charge is 0.517 e. The Hall–Kier alpha value is -2.44. The van der Waals surface area contributed by atoms with E-state index in [1.54, 1.807) is 18.2 Å². The number of carbonyl (C=O) groups is 1. The van der Waals surface area contributed by atoms with Gasteiger partial charge in [-0.1, -0.05) is 36.4 Å². The lowest BCUT2D eigenvalue weighted by Crippen LogP contribution is -2.66. The molecule has 0 saturated heterocycles. The molecule has 0 fully saturated rings. The number of hydrogen-bond donors (Lipinski definition) is 2. The lowest BCUT2D eigenvalue weighted by atomic mass is 9.71. The number of nitrogens with zero attached hydrogens (tertiary/aromatic N) is 2. The Balaban J connectivity index is 2.36. The maximum Gasteiger partial charge on any atom is 0.564 e. The van der Waals surface area contributed by atoms with E-state index in [4.69, 9.17) is 0 Å². The van der Waals surface area contributed by atoms with Crippen LogP contribution in [0, 0.1) is 0 Å². The Bertz CT molecular complexity index is 685. The summed E-state index contributed by atoms with van der Waals surface area (Å²) in [5.41, 5.74) is 1.83. The van der Waals surface area contributed by atoms with Gasteiger partial charge < -0.3 is 19.4 Å². The second-order valence-corrected chi connectivity index (χ2v) is 5.29. The van der Waals surface area contributed by atoms with E-state index >= 15 is 0 Å². The number of carbonyl (C=O) groups excluding carboxylic acids is 1. The molecule has 2 aromatic rings. The van der Waals surface area contributed by atoms with E-state index in [0.29, 0.717) is 6.29 Å². The third kappa shape index (κ3) is 3.60. The van der Waals surface area contributed by atoms with Crippen LogP contribution in [0.4, 0.5) is 5.69 Å². The molecular weight excluding hydrogens is 279 g/mol. The van der Waals surface area contributed by atoms with Crippen molar-refractivity contribution in [3.8, 4) is 0 Å². The lowest BCUT2D eigenvalue weighted by Gasteiger charge is -2.21. The Morgan fingerprint density at radius 2 is 1.82 bits per heavy atom. The molecule has 6 heteroatoms. The zero-order chi connectivity index (χ0) is 16.2. The van der Waals surface area contributed by atoms with Crippen LogP contribution in [0.5, 0.6) is 0 Å². The molecule has 114 valence electrons. The summed E-state index contributed by atoms with van der Waals surface area (Å²) in [4.78, 5) is 13.1. The van der Waals surface area contributed by atoms with E-state index < -0.39 is 6.69 Å². The second-order valence-electron chi connectivity index (χ2n) is 5.29. The highest BCUT2D eigenvalue weighted by atomic mass is 16.4. The van der Waals surface area contributed by atoms with Crippen molar-refractivity contribution in [2.45, 2.75) is 0 Å². The summed E-state index contributed by atoms with van der Waals surface area (Å²) in [6.07, 6.45) is 3.71. The van der Waals surface area contributed by atoms with Crippen LogP contribution in [0.15, 0.2) is 54.6 Å². The van der Waals surface area contributed by atoms with E-state index in [2.05, 4.69) is 0 Å². The van der Waals surface area contributed by atoms with Gasteiger partial charge in [-0.05, 0) is 5.56 Å². The molecule has 0 spiro atoms. The molecular formula is C16H19BN2O3. The van der Waals surface area contributed by atoms with Gasteiger partial charge in [0.15, 0.2) is 5.69 Å². The molecule has 0 aliphatic carbocycles. The molecule has 0 saturated carbocycles. The first-order valence-corrected chi connectivity index (χ1v) is 6.96. The number of benzene rings is 1. The quantitative estimate of drug-likeness (QED) is 0.635. The fourth-order valence-corrected chi connectivity index (χ4v) is 2.13. The molecule has 5 nitrogen and oxygen atoms in total. The molecule has 0 atom stereocenters. The number of anilines is 1. The minimum absolute atomic E-state index is 0.189.